The average molecular weight is 627 g/mol. The largest absolute Gasteiger partial charge is 0.371 e. The van der Waals surface area contributed by atoms with Crippen molar-refractivity contribution in [1.29, 1.82) is 0 Å². The van der Waals surface area contributed by atoms with E-state index >= 15 is 0 Å². The van der Waals surface area contributed by atoms with E-state index in [0.717, 1.165) is 23.3 Å². The van der Waals surface area contributed by atoms with E-state index < -0.39 is 27.4 Å². The Morgan fingerprint density at radius 3 is 2.55 bits per heavy atom. The molecule has 16 heteroatoms. The van der Waals surface area contributed by atoms with Crippen LogP contribution in [-0.4, -0.2) is 78.0 Å². The molecule has 0 spiro atoms. The van der Waals surface area contributed by atoms with Gasteiger partial charge in [-0.15, -0.1) is 0 Å². The number of amides is 1. The fourth-order valence-corrected chi connectivity index (χ4v) is 6.91. The SMILES string of the molecule is CN(C)C(=O)C1(Nc2cc(Nc3ccnc(-c4cnn(S(=O)(=O)C5CC5)c4)n3)ncc2-c2ccn(C(F)F)n2)CCCCC1. The second-order valence-electron chi connectivity index (χ2n) is 11.3. The standard InChI is InChI=1S/C28H32F2N10O3S/c1-38(2)26(41)28(10-4-3-5-11-28)36-22-14-24(32-16-20(22)21-9-13-39(37-21)27(29)30)34-23-8-12-31-25(35-23)18-15-33-40(17-18)44(42,43)19-6-7-19/h8-9,12-17,19,27H,3-7,10-11H2,1-2H3,(H2,31,32,34,35,36). The summed E-state index contributed by atoms with van der Waals surface area (Å²) in [6.07, 6.45) is 12.2. The van der Waals surface area contributed by atoms with E-state index in [1.165, 1.54) is 37.1 Å². The summed E-state index contributed by atoms with van der Waals surface area (Å²) in [5.74, 6) is 0.928. The molecule has 0 bridgehead atoms. The molecule has 0 saturated heterocycles. The van der Waals surface area contributed by atoms with Crippen LogP contribution in [0.5, 0.6) is 0 Å². The average Bonchev–Trinajstić information content (AvgIpc) is 3.54. The quantitative estimate of drug-likeness (QED) is 0.261. The molecule has 0 aliphatic heterocycles. The van der Waals surface area contributed by atoms with Crippen LogP contribution in [0.15, 0.2) is 49.2 Å². The Kier molecular flexibility index (Phi) is 7.77. The normalized spacial score (nSPS) is 16.6. The third kappa shape index (κ3) is 5.85. The van der Waals surface area contributed by atoms with Gasteiger partial charge in [-0.1, -0.05) is 19.3 Å². The minimum Gasteiger partial charge on any atom is -0.371 e. The van der Waals surface area contributed by atoms with E-state index in [1.54, 1.807) is 31.1 Å². The maximum absolute atomic E-state index is 13.5. The highest BCUT2D eigenvalue weighted by Crippen LogP contribution is 2.38. The molecule has 44 heavy (non-hydrogen) atoms. The smallest absolute Gasteiger partial charge is 0.333 e. The number of likely N-dealkylation sites (N-methyl/N-ethyl adjacent to an activating group) is 1. The Balaban J connectivity index is 1.33. The summed E-state index contributed by atoms with van der Waals surface area (Å²) < 4.78 is 53.3. The molecule has 0 atom stereocenters. The molecule has 4 aromatic rings. The van der Waals surface area contributed by atoms with Crippen molar-refractivity contribution < 1.29 is 22.0 Å². The summed E-state index contributed by atoms with van der Waals surface area (Å²) >= 11 is 0. The number of rotatable bonds is 10. The number of hydrogen-bond donors (Lipinski definition) is 2. The van der Waals surface area contributed by atoms with Gasteiger partial charge in [0.1, 0.15) is 17.2 Å². The first-order valence-corrected chi connectivity index (χ1v) is 15.8. The van der Waals surface area contributed by atoms with Crippen molar-refractivity contribution in [2.24, 2.45) is 0 Å². The summed E-state index contributed by atoms with van der Waals surface area (Å²) in [5, 5.41) is 14.2. The summed E-state index contributed by atoms with van der Waals surface area (Å²) in [6, 6.07) is 4.79. The van der Waals surface area contributed by atoms with Gasteiger partial charge in [0.25, 0.3) is 10.0 Å². The van der Waals surface area contributed by atoms with E-state index in [1.807, 2.05) is 0 Å². The number of pyridine rings is 1. The molecule has 2 N–H and O–H groups in total. The Morgan fingerprint density at radius 1 is 1.09 bits per heavy atom. The van der Waals surface area contributed by atoms with Crippen molar-refractivity contribution in [3.63, 3.8) is 0 Å². The lowest BCUT2D eigenvalue weighted by Gasteiger charge is -2.39. The molecular weight excluding hydrogens is 594 g/mol. The topological polar surface area (TPSA) is 153 Å². The predicted octanol–water partition coefficient (Wildman–Crippen LogP) is 4.28. The van der Waals surface area contributed by atoms with Gasteiger partial charge in [0.2, 0.25) is 5.91 Å². The van der Waals surface area contributed by atoms with Crippen molar-refractivity contribution in [3.05, 3.63) is 49.2 Å². The summed E-state index contributed by atoms with van der Waals surface area (Å²) in [6.45, 7) is -2.80. The van der Waals surface area contributed by atoms with Gasteiger partial charge in [-0.2, -0.15) is 23.1 Å². The maximum Gasteiger partial charge on any atom is 0.333 e. The number of anilines is 3. The number of hydrogen-bond acceptors (Lipinski definition) is 10. The molecule has 13 nitrogen and oxygen atoms in total. The van der Waals surface area contributed by atoms with Gasteiger partial charge >= 0.3 is 6.55 Å². The fourth-order valence-electron chi connectivity index (χ4n) is 5.43. The van der Waals surface area contributed by atoms with Crippen molar-refractivity contribution >= 4 is 33.3 Å². The van der Waals surface area contributed by atoms with Crippen molar-refractivity contribution in [2.75, 3.05) is 24.7 Å². The molecule has 1 amide bonds. The van der Waals surface area contributed by atoms with Gasteiger partial charge in [-0.3, -0.25) is 4.79 Å². The molecule has 4 aromatic heterocycles. The zero-order chi connectivity index (χ0) is 31.1. The highest BCUT2D eigenvalue weighted by Gasteiger charge is 2.41. The third-order valence-corrected chi connectivity index (χ3v) is 9.86. The Labute approximate surface area is 252 Å². The lowest BCUT2D eigenvalue weighted by molar-refractivity contribution is -0.134. The highest BCUT2D eigenvalue weighted by molar-refractivity contribution is 7.90. The van der Waals surface area contributed by atoms with Crippen LogP contribution in [0.3, 0.4) is 0 Å². The van der Waals surface area contributed by atoms with E-state index in [-0.39, 0.29) is 17.4 Å². The molecule has 6 rings (SSSR count). The van der Waals surface area contributed by atoms with Crippen LogP contribution in [0.1, 0.15) is 51.5 Å². The molecule has 0 aromatic carbocycles. The lowest BCUT2D eigenvalue weighted by atomic mass is 9.80. The number of carbonyl (C=O) groups is 1. The number of carbonyl (C=O) groups excluding carboxylic acids is 1. The van der Waals surface area contributed by atoms with E-state index in [0.29, 0.717) is 58.8 Å². The molecule has 2 fully saturated rings. The first-order valence-electron chi connectivity index (χ1n) is 14.3. The predicted molar refractivity (Wildman–Crippen MR) is 159 cm³/mol. The van der Waals surface area contributed by atoms with E-state index in [4.69, 9.17) is 0 Å². The second-order valence-corrected chi connectivity index (χ2v) is 13.3. The number of nitrogens with zero attached hydrogens (tertiary/aromatic N) is 8. The zero-order valence-corrected chi connectivity index (χ0v) is 25.0. The molecule has 4 heterocycles. The first-order chi connectivity index (χ1) is 21.1. The zero-order valence-electron chi connectivity index (χ0n) is 24.2. The maximum atomic E-state index is 13.5. The van der Waals surface area contributed by atoms with E-state index in [2.05, 4.69) is 35.8 Å². The Hall–Kier alpha value is -4.47. The van der Waals surface area contributed by atoms with Crippen LogP contribution >= 0.6 is 0 Å². The minimum absolute atomic E-state index is 0.0720. The minimum atomic E-state index is -3.53. The van der Waals surface area contributed by atoms with Crippen LogP contribution < -0.4 is 10.6 Å². The van der Waals surface area contributed by atoms with Crippen LogP contribution in [0.25, 0.3) is 22.6 Å². The van der Waals surface area contributed by atoms with Crippen LogP contribution in [0.2, 0.25) is 0 Å². The fraction of sp³-hybridized carbons (Fsp3) is 0.429. The molecular formula is C28H32F2N10O3S. The van der Waals surface area contributed by atoms with Gasteiger partial charge in [-0.25, -0.2) is 28.1 Å². The van der Waals surface area contributed by atoms with Crippen molar-refractivity contribution in [3.8, 4) is 22.6 Å². The van der Waals surface area contributed by atoms with Gasteiger partial charge in [-0.05, 0) is 37.8 Å². The van der Waals surface area contributed by atoms with E-state index in [9.17, 15) is 22.0 Å². The number of alkyl halides is 2. The van der Waals surface area contributed by atoms with Crippen LogP contribution in [0.4, 0.5) is 26.1 Å². The molecule has 232 valence electrons. The molecule has 0 unspecified atom stereocenters. The lowest BCUT2D eigenvalue weighted by Crippen LogP contribution is -2.53. The molecule has 2 aliphatic rings. The van der Waals surface area contributed by atoms with Crippen LogP contribution in [-0.2, 0) is 14.8 Å². The number of aromatic nitrogens is 7. The molecule has 0 radical (unpaired) electrons. The van der Waals surface area contributed by atoms with Crippen LogP contribution in [0, 0.1) is 0 Å². The third-order valence-electron chi connectivity index (χ3n) is 7.82. The number of nitrogens with one attached hydrogen (secondary N) is 2. The Bertz CT molecular complexity index is 1780. The Morgan fingerprint density at radius 2 is 1.86 bits per heavy atom. The van der Waals surface area contributed by atoms with Gasteiger partial charge in [0.05, 0.1) is 28.9 Å². The summed E-state index contributed by atoms with van der Waals surface area (Å²) in [4.78, 5) is 28.3. The summed E-state index contributed by atoms with van der Waals surface area (Å²) in [5.41, 5.74) is 0.778. The molecule has 2 aliphatic carbocycles. The second kappa shape index (κ2) is 11.6. The molecule has 2 saturated carbocycles. The van der Waals surface area contributed by atoms with Gasteiger partial charge < -0.3 is 15.5 Å². The first kappa shape index (κ1) is 29.6. The van der Waals surface area contributed by atoms with Gasteiger partial charge in [0.15, 0.2) is 5.82 Å². The highest BCUT2D eigenvalue weighted by atomic mass is 32.2. The van der Waals surface area contributed by atoms with Crippen molar-refractivity contribution in [1.82, 2.24) is 38.8 Å². The number of halogens is 2. The summed E-state index contributed by atoms with van der Waals surface area (Å²) in [7, 11) is -0.111. The monoisotopic (exact) mass is 626 g/mol. The van der Waals surface area contributed by atoms with Gasteiger partial charge in [0, 0.05) is 50.0 Å². The van der Waals surface area contributed by atoms with Crippen molar-refractivity contribution in [2.45, 2.75) is 62.3 Å².